The molecule has 0 amide bonds. The van der Waals surface area contributed by atoms with E-state index < -0.39 is 0 Å². The van der Waals surface area contributed by atoms with Crippen molar-refractivity contribution in [3.63, 3.8) is 0 Å². The minimum Gasteiger partial charge on any atom is -0.0913 e. The average Bonchev–Trinajstić information content (AvgIpc) is 2.26. The van der Waals surface area contributed by atoms with Crippen LogP contribution in [0.25, 0.3) is 10.5 Å². The first-order valence-electron chi connectivity index (χ1n) is 4.66. The highest BCUT2D eigenvalue weighted by Gasteiger charge is 2.07. The third-order valence-corrected chi connectivity index (χ3v) is 1.89. The fourth-order valence-corrected chi connectivity index (χ4v) is 1.17. The van der Waals surface area contributed by atoms with Crippen LogP contribution in [0.4, 0.5) is 0 Å². The summed E-state index contributed by atoms with van der Waals surface area (Å²) in [6, 6.07) is 9.92. The molecule has 0 atom stereocenters. The zero-order chi connectivity index (χ0) is 10.2. The predicted octanol–water partition coefficient (Wildman–Crippen LogP) is 3.96. The minimum atomic E-state index is 0.837. The topological polar surface area (TPSA) is 4.36 Å². The molecular weight excluding hydrogens is 170 g/mol. The summed E-state index contributed by atoms with van der Waals surface area (Å²) in [6.45, 7) is 7.32. The van der Waals surface area contributed by atoms with Crippen LogP contribution in [0.15, 0.2) is 48.6 Å². The van der Waals surface area contributed by atoms with Crippen molar-refractivity contribution in [1.29, 1.82) is 0 Å². The lowest BCUT2D eigenvalue weighted by Crippen LogP contribution is -1.77. The highest BCUT2D eigenvalue weighted by molar-refractivity contribution is 5.71. The second-order valence-corrected chi connectivity index (χ2v) is 2.89. The molecule has 0 saturated carbocycles. The third-order valence-electron chi connectivity index (χ3n) is 1.89. The monoisotopic (exact) mass is 184 g/mol. The first kappa shape index (κ1) is 10.3. The van der Waals surface area contributed by atoms with Gasteiger partial charge in [0.25, 0.3) is 6.57 Å². The second kappa shape index (κ2) is 5.77. The third kappa shape index (κ3) is 2.91. The Labute approximate surface area is 85.2 Å². The first-order valence-corrected chi connectivity index (χ1v) is 4.66. The van der Waals surface area contributed by atoms with Crippen molar-refractivity contribution in [1.82, 2.24) is 0 Å². The summed E-state index contributed by atoms with van der Waals surface area (Å²) in [5, 5.41) is 0. The molecule has 0 fully saturated rings. The maximum Gasteiger partial charge on any atom is 0.343 e. The van der Waals surface area contributed by atoms with Crippen molar-refractivity contribution in [2.75, 3.05) is 0 Å². The van der Waals surface area contributed by atoms with Gasteiger partial charge in [-0.1, -0.05) is 30.4 Å². The lowest BCUT2D eigenvalue weighted by molar-refractivity contribution is 1.38. The molecule has 1 aromatic rings. The molecule has 0 aliphatic carbocycles. The summed E-state index contributed by atoms with van der Waals surface area (Å²) in [4.78, 5) is 3.76. The maximum atomic E-state index is 5.32. The Bertz CT molecular complexity index is 366. The van der Waals surface area contributed by atoms with Crippen LogP contribution in [0.3, 0.4) is 0 Å². The summed E-state index contributed by atoms with van der Waals surface area (Å²) in [5.41, 5.74) is 1.89. The van der Waals surface area contributed by atoms with Crippen LogP contribution in [0.2, 0.25) is 0 Å². The quantitative estimate of drug-likeness (QED) is 0.626. The fraction of sp³-hybridized carbons (Fsp3) is 0.154. The molecule has 0 bridgehead atoms. The van der Waals surface area contributed by atoms with E-state index in [0.717, 1.165) is 17.7 Å². The van der Waals surface area contributed by atoms with Crippen molar-refractivity contribution in [3.8, 4) is 6.57 Å². The van der Waals surface area contributed by atoms with Gasteiger partial charge in [0.05, 0.1) is 5.56 Å². The number of allylic oxidation sites excluding steroid dienone is 3. The summed E-state index contributed by atoms with van der Waals surface area (Å²) >= 11 is 0. The van der Waals surface area contributed by atoms with E-state index in [2.05, 4.69) is 10.9 Å². The van der Waals surface area contributed by atoms with Crippen LogP contribution in [0, 0.1) is 6.57 Å². The maximum absolute atomic E-state index is 5.32. The zero-order valence-electron chi connectivity index (χ0n) is 8.35. The summed E-state index contributed by atoms with van der Waals surface area (Å²) in [5.74, 6) is 0. The molecule has 0 saturated heterocycles. The van der Waals surface area contributed by atoms with Crippen molar-refractivity contribution < 1.29 is 0 Å². The Morgan fingerprint density at radius 1 is 1.36 bits per heavy atom. The molecule has 0 N–H and O–H groups in total. The molecule has 1 rings (SSSR count). The van der Waals surface area contributed by atoms with Gasteiger partial charge < -0.3 is 0 Å². The van der Waals surface area contributed by atoms with Crippen LogP contribution in [-0.4, -0.2) is 0 Å². The van der Waals surface area contributed by atoms with Crippen LogP contribution >= 0.6 is 0 Å². The van der Waals surface area contributed by atoms with Crippen molar-refractivity contribution in [3.05, 3.63) is 59.0 Å². The van der Waals surface area contributed by atoms with Crippen LogP contribution in [-0.2, 0) is 0 Å². The molecule has 0 spiro atoms. The highest BCUT2D eigenvalue weighted by Crippen LogP contribution is 2.15. The van der Waals surface area contributed by atoms with Gasteiger partial charge in [-0.3, -0.25) is 0 Å². The molecule has 0 radical (unpaired) electrons. The highest BCUT2D eigenvalue weighted by atomic mass is 14.7. The van der Waals surface area contributed by atoms with Crippen LogP contribution in [0.5, 0.6) is 0 Å². The fourth-order valence-electron chi connectivity index (χ4n) is 1.17. The van der Waals surface area contributed by atoms with Crippen LogP contribution < -0.4 is 0 Å². The van der Waals surface area contributed by atoms with E-state index in [9.17, 15) is 0 Å². The average molecular weight is 184 g/mol. The SMILES string of the molecule is C#[N+]/C(=C\C/C=C\C)c1ccccc1. The molecule has 14 heavy (non-hydrogen) atoms. The van der Waals surface area contributed by atoms with E-state index in [1.54, 1.807) is 0 Å². The van der Waals surface area contributed by atoms with Crippen LogP contribution in [0.1, 0.15) is 18.9 Å². The number of hydrogen-bond acceptors (Lipinski definition) is 0. The zero-order valence-corrected chi connectivity index (χ0v) is 8.35. The molecule has 1 heteroatoms. The predicted molar refractivity (Wildman–Crippen MR) is 62.2 cm³/mol. The van der Waals surface area contributed by atoms with Gasteiger partial charge in [0, 0.05) is 6.08 Å². The van der Waals surface area contributed by atoms with Crippen molar-refractivity contribution in [2.24, 2.45) is 0 Å². The van der Waals surface area contributed by atoms with Gasteiger partial charge in [-0.25, -0.2) is 0 Å². The second-order valence-electron chi connectivity index (χ2n) is 2.89. The Hall–Kier alpha value is -1.81. The van der Waals surface area contributed by atoms with Gasteiger partial charge >= 0.3 is 5.70 Å². The molecule has 1 nitrogen and oxygen atoms in total. The summed E-state index contributed by atoms with van der Waals surface area (Å²) < 4.78 is 0. The first-order chi connectivity index (χ1) is 6.88. The van der Waals surface area contributed by atoms with Gasteiger partial charge in [-0.05, 0) is 30.3 Å². The lowest BCUT2D eigenvalue weighted by Gasteiger charge is -1.88. The Morgan fingerprint density at radius 3 is 2.64 bits per heavy atom. The number of benzene rings is 1. The lowest BCUT2D eigenvalue weighted by atomic mass is 10.1. The van der Waals surface area contributed by atoms with Crippen molar-refractivity contribution in [2.45, 2.75) is 13.3 Å². The van der Waals surface area contributed by atoms with E-state index in [-0.39, 0.29) is 0 Å². The standard InChI is InChI=1S/C13H14N/c1-3-4-6-11-13(14-2)12-9-7-5-8-10-12/h2-5,7-11H,6H2,1H3/q+1/b4-3-,13-11-. The van der Waals surface area contributed by atoms with Gasteiger partial charge in [0.1, 0.15) is 0 Å². The Kier molecular flexibility index (Phi) is 4.23. The van der Waals surface area contributed by atoms with Gasteiger partial charge in [-0.2, -0.15) is 0 Å². The van der Waals surface area contributed by atoms with E-state index >= 15 is 0 Å². The molecule has 0 heterocycles. The normalized spacial score (nSPS) is 11.6. The van der Waals surface area contributed by atoms with Gasteiger partial charge in [-0.15, -0.1) is 0 Å². The largest absolute Gasteiger partial charge is 0.343 e. The van der Waals surface area contributed by atoms with E-state index in [1.165, 1.54) is 0 Å². The summed E-state index contributed by atoms with van der Waals surface area (Å²) in [7, 11) is 0. The van der Waals surface area contributed by atoms with E-state index in [1.807, 2.05) is 49.4 Å². The summed E-state index contributed by atoms with van der Waals surface area (Å²) in [6.07, 6.45) is 6.94. The Balaban J connectivity index is 2.84. The van der Waals surface area contributed by atoms with Gasteiger partial charge in [0.2, 0.25) is 0 Å². The Morgan fingerprint density at radius 2 is 2.07 bits per heavy atom. The molecule has 70 valence electrons. The molecule has 0 unspecified atom stereocenters. The smallest absolute Gasteiger partial charge is 0.0913 e. The molecule has 1 aromatic carbocycles. The molecule has 0 aliphatic rings. The molecule has 0 aliphatic heterocycles. The molecular formula is C13H14N+. The van der Waals surface area contributed by atoms with E-state index in [4.69, 9.17) is 6.57 Å². The van der Waals surface area contributed by atoms with Gasteiger partial charge in [0.15, 0.2) is 0 Å². The molecule has 0 aromatic heterocycles. The number of hydrogen-bond donors (Lipinski definition) is 0. The number of rotatable bonds is 3. The van der Waals surface area contributed by atoms with E-state index in [0.29, 0.717) is 0 Å². The van der Waals surface area contributed by atoms with Crippen molar-refractivity contribution >= 4 is 5.70 Å². The number of nitrogens with zero attached hydrogens (tertiary/aromatic N) is 1. The minimum absolute atomic E-state index is 0.837.